The first-order valence-electron chi connectivity index (χ1n) is 4.74. The highest BCUT2D eigenvalue weighted by molar-refractivity contribution is 5.85. The molecule has 5 heteroatoms. The third kappa shape index (κ3) is 6.85. The van der Waals surface area contributed by atoms with E-state index in [9.17, 15) is 0 Å². The average Bonchev–Trinajstić information content (AvgIpc) is 2.09. The van der Waals surface area contributed by atoms with E-state index in [1.807, 2.05) is 0 Å². The lowest BCUT2D eigenvalue weighted by molar-refractivity contribution is 0.182. The minimum atomic E-state index is 0. The van der Waals surface area contributed by atoms with E-state index in [1.54, 1.807) is 7.11 Å². The molecule has 0 amide bonds. The van der Waals surface area contributed by atoms with E-state index in [2.05, 4.69) is 17.3 Å². The van der Waals surface area contributed by atoms with Gasteiger partial charge in [-0.25, -0.2) is 0 Å². The molecule has 1 N–H and O–H groups in total. The van der Waals surface area contributed by atoms with Crippen LogP contribution in [-0.4, -0.2) is 51.3 Å². The molecule has 1 aliphatic heterocycles. The van der Waals surface area contributed by atoms with Crippen LogP contribution in [0.15, 0.2) is 0 Å². The quantitative estimate of drug-likeness (QED) is 0.752. The molecule has 0 aromatic rings. The predicted octanol–water partition coefficient (Wildman–Crippen LogP) is 1.16. The van der Waals surface area contributed by atoms with Crippen molar-refractivity contribution in [1.29, 1.82) is 0 Å². The summed E-state index contributed by atoms with van der Waals surface area (Å²) in [7, 11) is 3.93. The Morgan fingerprint density at radius 2 is 1.86 bits per heavy atom. The van der Waals surface area contributed by atoms with Crippen molar-refractivity contribution >= 4 is 24.8 Å². The van der Waals surface area contributed by atoms with Gasteiger partial charge in [0.2, 0.25) is 0 Å². The molecule has 0 aromatic carbocycles. The largest absolute Gasteiger partial charge is 0.383 e. The van der Waals surface area contributed by atoms with Crippen LogP contribution in [0.25, 0.3) is 0 Å². The second kappa shape index (κ2) is 9.99. The smallest absolute Gasteiger partial charge is 0.0587 e. The lowest BCUT2D eigenvalue weighted by atomic mass is 10.1. The molecule has 0 radical (unpaired) electrons. The van der Waals surface area contributed by atoms with Gasteiger partial charge in [-0.15, -0.1) is 24.8 Å². The Morgan fingerprint density at radius 3 is 2.36 bits per heavy atom. The minimum Gasteiger partial charge on any atom is -0.383 e. The zero-order chi connectivity index (χ0) is 8.81. The fraction of sp³-hybridized carbons (Fsp3) is 1.00. The molecule has 1 aliphatic rings. The molecule has 0 saturated carbocycles. The first-order valence-corrected chi connectivity index (χ1v) is 4.74. The molecular formula is C9H22Cl2N2O. The first-order chi connectivity index (χ1) is 5.83. The fourth-order valence-electron chi connectivity index (χ4n) is 1.58. The monoisotopic (exact) mass is 244 g/mol. The third-order valence-electron chi connectivity index (χ3n) is 2.46. The van der Waals surface area contributed by atoms with Crippen molar-refractivity contribution in [2.75, 3.05) is 40.4 Å². The second-order valence-corrected chi connectivity index (χ2v) is 3.52. The van der Waals surface area contributed by atoms with E-state index in [1.165, 1.54) is 25.9 Å². The molecule has 1 heterocycles. The van der Waals surface area contributed by atoms with Crippen molar-refractivity contribution in [3.05, 3.63) is 0 Å². The number of nitrogens with zero attached hydrogens (tertiary/aromatic N) is 1. The predicted molar refractivity (Wildman–Crippen MR) is 64.9 cm³/mol. The van der Waals surface area contributed by atoms with Gasteiger partial charge in [-0.3, -0.25) is 0 Å². The number of methoxy groups -OCH3 is 1. The van der Waals surface area contributed by atoms with Gasteiger partial charge in [-0.1, -0.05) is 0 Å². The van der Waals surface area contributed by atoms with Crippen LogP contribution in [0.3, 0.4) is 0 Å². The lowest BCUT2D eigenvalue weighted by Crippen LogP contribution is -2.41. The summed E-state index contributed by atoms with van der Waals surface area (Å²) in [5.74, 6) is 0. The summed E-state index contributed by atoms with van der Waals surface area (Å²) in [6.07, 6.45) is 2.56. The molecule has 14 heavy (non-hydrogen) atoms. The number of likely N-dealkylation sites (tertiary alicyclic amines) is 1. The van der Waals surface area contributed by atoms with Crippen molar-refractivity contribution in [2.24, 2.45) is 0 Å². The molecule has 0 unspecified atom stereocenters. The lowest BCUT2D eigenvalue weighted by Gasteiger charge is -2.29. The highest BCUT2D eigenvalue weighted by atomic mass is 35.5. The SMILES string of the molecule is COCCNC1CCN(C)CC1.Cl.Cl. The normalized spacial score (nSPS) is 18.4. The Labute approximate surface area is 99.4 Å². The standard InChI is InChI=1S/C9H20N2O.2ClH/c1-11-6-3-9(4-7-11)10-5-8-12-2;;/h9-10H,3-8H2,1-2H3;2*1H. The maximum atomic E-state index is 4.98. The summed E-state index contributed by atoms with van der Waals surface area (Å²) in [6.45, 7) is 4.27. The van der Waals surface area contributed by atoms with E-state index in [0.717, 1.165) is 19.2 Å². The summed E-state index contributed by atoms with van der Waals surface area (Å²) in [5, 5.41) is 3.49. The molecule has 0 aromatic heterocycles. The van der Waals surface area contributed by atoms with Crippen molar-refractivity contribution in [2.45, 2.75) is 18.9 Å². The van der Waals surface area contributed by atoms with Crippen LogP contribution in [0.1, 0.15) is 12.8 Å². The Balaban J connectivity index is 0. The van der Waals surface area contributed by atoms with Crippen LogP contribution >= 0.6 is 24.8 Å². The molecule has 1 rings (SSSR count). The van der Waals surface area contributed by atoms with Gasteiger partial charge in [0.15, 0.2) is 0 Å². The summed E-state index contributed by atoms with van der Waals surface area (Å²) in [6, 6.07) is 0.719. The van der Waals surface area contributed by atoms with E-state index in [-0.39, 0.29) is 24.8 Å². The highest BCUT2D eigenvalue weighted by Gasteiger charge is 2.14. The molecule has 1 saturated heterocycles. The van der Waals surface area contributed by atoms with E-state index in [4.69, 9.17) is 4.74 Å². The minimum absolute atomic E-state index is 0. The van der Waals surface area contributed by atoms with Gasteiger partial charge in [0, 0.05) is 19.7 Å². The van der Waals surface area contributed by atoms with Crippen LogP contribution < -0.4 is 5.32 Å². The van der Waals surface area contributed by atoms with Crippen LogP contribution in [0.4, 0.5) is 0 Å². The Morgan fingerprint density at radius 1 is 1.29 bits per heavy atom. The van der Waals surface area contributed by atoms with Gasteiger partial charge in [0.05, 0.1) is 6.61 Å². The Bertz CT molecular complexity index is 119. The first kappa shape index (κ1) is 16.9. The van der Waals surface area contributed by atoms with Crippen molar-refractivity contribution in [1.82, 2.24) is 10.2 Å². The Hall–Kier alpha value is 0.460. The zero-order valence-corrected chi connectivity index (χ0v) is 10.6. The molecule has 88 valence electrons. The Kier molecular flexibility index (Phi) is 12.0. The number of halogens is 2. The summed E-state index contributed by atoms with van der Waals surface area (Å²) >= 11 is 0. The topological polar surface area (TPSA) is 24.5 Å². The van der Waals surface area contributed by atoms with E-state index >= 15 is 0 Å². The van der Waals surface area contributed by atoms with Gasteiger partial charge in [0.1, 0.15) is 0 Å². The molecule has 1 fully saturated rings. The molecular weight excluding hydrogens is 223 g/mol. The van der Waals surface area contributed by atoms with Crippen LogP contribution in [-0.2, 0) is 4.74 Å². The molecule has 0 aliphatic carbocycles. The van der Waals surface area contributed by atoms with Crippen LogP contribution in [0, 0.1) is 0 Å². The number of rotatable bonds is 4. The van der Waals surface area contributed by atoms with Gasteiger partial charge in [-0.05, 0) is 33.0 Å². The van der Waals surface area contributed by atoms with Crippen molar-refractivity contribution in [3.8, 4) is 0 Å². The average molecular weight is 245 g/mol. The summed E-state index contributed by atoms with van der Waals surface area (Å²) < 4.78 is 4.98. The molecule has 0 bridgehead atoms. The van der Waals surface area contributed by atoms with Gasteiger partial charge in [0.25, 0.3) is 0 Å². The molecule has 3 nitrogen and oxygen atoms in total. The van der Waals surface area contributed by atoms with Crippen LogP contribution in [0.2, 0.25) is 0 Å². The van der Waals surface area contributed by atoms with Gasteiger partial charge >= 0.3 is 0 Å². The second-order valence-electron chi connectivity index (χ2n) is 3.52. The number of hydrogen-bond donors (Lipinski definition) is 1. The summed E-state index contributed by atoms with van der Waals surface area (Å²) in [5.41, 5.74) is 0. The van der Waals surface area contributed by atoms with Gasteiger partial charge in [-0.2, -0.15) is 0 Å². The van der Waals surface area contributed by atoms with Crippen LogP contribution in [0.5, 0.6) is 0 Å². The third-order valence-corrected chi connectivity index (χ3v) is 2.46. The maximum Gasteiger partial charge on any atom is 0.0587 e. The number of nitrogens with one attached hydrogen (secondary N) is 1. The zero-order valence-electron chi connectivity index (χ0n) is 8.99. The fourth-order valence-corrected chi connectivity index (χ4v) is 1.58. The number of ether oxygens (including phenoxy) is 1. The number of piperidine rings is 1. The highest BCUT2D eigenvalue weighted by Crippen LogP contribution is 2.07. The molecule has 0 spiro atoms. The van der Waals surface area contributed by atoms with Gasteiger partial charge < -0.3 is 15.0 Å². The maximum absolute atomic E-state index is 4.98. The van der Waals surface area contributed by atoms with Crippen molar-refractivity contribution in [3.63, 3.8) is 0 Å². The summed E-state index contributed by atoms with van der Waals surface area (Å²) in [4.78, 5) is 2.38. The van der Waals surface area contributed by atoms with E-state index in [0.29, 0.717) is 0 Å². The molecule has 0 atom stereocenters. The van der Waals surface area contributed by atoms with Crippen molar-refractivity contribution < 1.29 is 4.74 Å². The van der Waals surface area contributed by atoms with E-state index < -0.39 is 0 Å². The number of hydrogen-bond acceptors (Lipinski definition) is 3.